The molecule has 0 aliphatic rings. The van der Waals surface area contributed by atoms with Gasteiger partial charge in [-0.05, 0) is 29.8 Å². The predicted octanol–water partition coefficient (Wildman–Crippen LogP) is 2.63. The van der Waals surface area contributed by atoms with Gasteiger partial charge in [0.25, 0.3) is 0 Å². The molecule has 3 N–H and O–H groups in total. The molecule has 2 aromatic rings. The van der Waals surface area contributed by atoms with E-state index in [2.05, 4.69) is 10.5 Å². The van der Waals surface area contributed by atoms with Crippen LogP contribution >= 0.6 is 11.6 Å². The van der Waals surface area contributed by atoms with Crippen LogP contribution in [0.25, 0.3) is 0 Å². The highest BCUT2D eigenvalue weighted by Crippen LogP contribution is 2.36. The van der Waals surface area contributed by atoms with Gasteiger partial charge in [0.15, 0.2) is 11.5 Å². The molecule has 0 heterocycles. The molecule has 24 heavy (non-hydrogen) atoms. The summed E-state index contributed by atoms with van der Waals surface area (Å²) >= 11 is 6.23. The fraction of sp³-hybridized carbons (Fsp3) is 0.176. The number of nitrogens with two attached hydrogens (primary N) is 1. The van der Waals surface area contributed by atoms with Crippen LogP contribution in [0.4, 0.5) is 5.69 Å². The van der Waals surface area contributed by atoms with E-state index in [9.17, 15) is 4.79 Å². The highest BCUT2D eigenvalue weighted by atomic mass is 35.5. The lowest BCUT2D eigenvalue weighted by atomic mass is 10.1. The highest BCUT2D eigenvalue weighted by molar-refractivity contribution is 6.34. The monoisotopic (exact) mass is 347 g/mol. The van der Waals surface area contributed by atoms with Gasteiger partial charge >= 0.3 is 0 Å². The Hall–Kier alpha value is -2.73. The molecule has 0 aromatic heterocycles. The number of benzene rings is 2. The average molecular weight is 348 g/mol. The van der Waals surface area contributed by atoms with Gasteiger partial charge in [-0.15, -0.1) is 0 Å². The average Bonchev–Trinajstić information content (AvgIpc) is 2.58. The van der Waals surface area contributed by atoms with Crippen molar-refractivity contribution >= 4 is 29.4 Å². The molecular weight excluding hydrogens is 330 g/mol. The second-order valence-electron chi connectivity index (χ2n) is 4.92. The van der Waals surface area contributed by atoms with Crippen molar-refractivity contribution in [3.63, 3.8) is 0 Å². The zero-order chi connectivity index (χ0) is 17.5. The molecular formula is C17H18ClN3O3. The van der Waals surface area contributed by atoms with E-state index < -0.39 is 0 Å². The maximum atomic E-state index is 11.9. The predicted molar refractivity (Wildman–Crippen MR) is 94.9 cm³/mol. The van der Waals surface area contributed by atoms with Gasteiger partial charge in [0.2, 0.25) is 5.91 Å². The molecule has 0 aliphatic carbocycles. The minimum absolute atomic E-state index is 0.206. The molecule has 2 rings (SSSR count). The molecule has 0 spiro atoms. The van der Waals surface area contributed by atoms with Crippen LogP contribution in [0.15, 0.2) is 41.5 Å². The SMILES string of the molecule is COc1ccc(/C=N\NC(=O)Cc2ccc(N)cc2)c(Cl)c1OC. The number of hydrogen-bond donors (Lipinski definition) is 2. The molecule has 0 atom stereocenters. The van der Waals surface area contributed by atoms with Gasteiger partial charge in [-0.25, -0.2) is 5.43 Å². The number of nitrogen functional groups attached to an aromatic ring is 1. The minimum Gasteiger partial charge on any atom is -0.493 e. The molecule has 0 aliphatic heterocycles. The molecule has 0 saturated carbocycles. The Morgan fingerprint density at radius 1 is 1.21 bits per heavy atom. The number of halogens is 1. The number of amides is 1. The maximum Gasteiger partial charge on any atom is 0.244 e. The van der Waals surface area contributed by atoms with E-state index in [0.29, 0.717) is 27.8 Å². The fourth-order valence-electron chi connectivity index (χ4n) is 2.04. The fourth-order valence-corrected chi connectivity index (χ4v) is 2.32. The van der Waals surface area contributed by atoms with Gasteiger partial charge in [-0.2, -0.15) is 5.10 Å². The summed E-state index contributed by atoms with van der Waals surface area (Å²) in [6.45, 7) is 0. The summed E-state index contributed by atoms with van der Waals surface area (Å²) < 4.78 is 10.4. The highest BCUT2D eigenvalue weighted by Gasteiger charge is 2.11. The Morgan fingerprint density at radius 3 is 2.54 bits per heavy atom. The van der Waals surface area contributed by atoms with E-state index in [1.807, 2.05) is 0 Å². The van der Waals surface area contributed by atoms with Crippen LogP contribution in [0, 0.1) is 0 Å². The van der Waals surface area contributed by atoms with Crippen LogP contribution < -0.4 is 20.6 Å². The van der Waals surface area contributed by atoms with Gasteiger partial charge < -0.3 is 15.2 Å². The van der Waals surface area contributed by atoms with Crippen LogP contribution in [0.3, 0.4) is 0 Å². The molecule has 7 heteroatoms. The molecule has 1 amide bonds. The van der Waals surface area contributed by atoms with Gasteiger partial charge in [0.1, 0.15) is 0 Å². The van der Waals surface area contributed by atoms with Gasteiger partial charge in [-0.1, -0.05) is 23.7 Å². The van der Waals surface area contributed by atoms with Crippen LogP contribution in [0.2, 0.25) is 5.02 Å². The third kappa shape index (κ3) is 4.39. The van der Waals surface area contributed by atoms with Gasteiger partial charge in [0.05, 0.1) is 31.9 Å². The molecule has 0 unspecified atom stereocenters. The number of nitrogens with one attached hydrogen (secondary N) is 1. The molecule has 0 saturated heterocycles. The molecule has 0 bridgehead atoms. The summed E-state index contributed by atoms with van der Waals surface area (Å²) in [6, 6.07) is 10.5. The standard InChI is InChI=1S/C17H18ClN3O3/c1-23-14-8-5-12(16(18)17(14)24-2)10-20-21-15(22)9-11-3-6-13(19)7-4-11/h3-8,10H,9,19H2,1-2H3,(H,21,22)/b20-10-. The van der Waals surface area contributed by atoms with Crippen LogP contribution in [-0.2, 0) is 11.2 Å². The van der Waals surface area contributed by atoms with E-state index in [1.54, 1.807) is 36.4 Å². The zero-order valence-corrected chi connectivity index (χ0v) is 14.1. The molecule has 0 fully saturated rings. The first-order valence-electron chi connectivity index (χ1n) is 7.12. The van der Waals surface area contributed by atoms with E-state index in [1.165, 1.54) is 20.4 Å². The quantitative estimate of drug-likeness (QED) is 0.478. The molecule has 0 radical (unpaired) electrons. The van der Waals surface area contributed by atoms with Gasteiger partial charge in [0, 0.05) is 11.3 Å². The first-order chi connectivity index (χ1) is 11.5. The van der Waals surface area contributed by atoms with E-state index >= 15 is 0 Å². The summed E-state index contributed by atoms with van der Waals surface area (Å²) in [5, 5.41) is 4.27. The van der Waals surface area contributed by atoms with Crippen molar-refractivity contribution in [2.24, 2.45) is 5.10 Å². The van der Waals surface area contributed by atoms with E-state index in [-0.39, 0.29) is 12.3 Å². The van der Waals surface area contributed by atoms with Crippen molar-refractivity contribution in [2.75, 3.05) is 20.0 Å². The lowest BCUT2D eigenvalue weighted by Gasteiger charge is -2.10. The number of rotatable bonds is 6. The largest absolute Gasteiger partial charge is 0.493 e. The number of carbonyl (C=O) groups is 1. The summed E-state index contributed by atoms with van der Waals surface area (Å²) in [5.74, 6) is 0.691. The Bertz CT molecular complexity index is 745. The number of hydrazone groups is 1. The minimum atomic E-state index is -0.243. The van der Waals surface area contributed by atoms with Gasteiger partial charge in [-0.3, -0.25) is 4.79 Å². The number of ether oxygens (including phenoxy) is 2. The Balaban J connectivity index is 2.01. The Morgan fingerprint density at radius 2 is 1.92 bits per heavy atom. The van der Waals surface area contributed by atoms with E-state index in [0.717, 1.165) is 5.56 Å². The maximum absolute atomic E-state index is 11.9. The third-order valence-corrected chi connectivity index (χ3v) is 3.64. The Labute approximate surface area is 145 Å². The lowest BCUT2D eigenvalue weighted by molar-refractivity contribution is -0.120. The number of hydrogen-bond acceptors (Lipinski definition) is 5. The first kappa shape index (κ1) is 17.6. The van der Waals surface area contributed by atoms with Crippen LogP contribution in [0.1, 0.15) is 11.1 Å². The van der Waals surface area contributed by atoms with Crippen molar-refractivity contribution < 1.29 is 14.3 Å². The summed E-state index contributed by atoms with van der Waals surface area (Å²) in [5.41, 5.74) is 10.2. The number of carbonyl (C=O) groups excluding carboxylic acids is 1. The van der Waals surface area contributed by atoms with E-state index in [4.69, 9.17) is 26.8 Å². The second-order valence-corrected chi connectivity index (χ2v) is 5.29. The van der Waals surface area contributed by atoms with Crippen LogP contribution in [-0.4, -0.2) is 26.3 Å². The third-order valence-electron chi connectivity index (χ3n) is 3.25. The van der Waals surface area contributed by atoms with Crippen molar-refractivity contribution in [1.82, 2.24) is 5.43 Å². The van der Waals surface area contributed by atoms with Crippen molar-refractivity contribution in [3.05, 3.63) is 52.5 Å². The summed E-state index contributed by atoms with van der Waals surface area (Å²) in [6.07, 6.45) is 1.66. The van der Waals surface area contributed by atoms with Crippen LogP contribution in [0.5, 0.6) is 11.5 Å². The van der Waals surface area contributed by atoms with Crippen molar-refractivity contribution in [1.29, 1.82) is 0 Å². The number of anilines is 1. The van der Waals surface area contributed by atoms with Crippen molar-refractivity contribution in [2.45, 2.75) is 6.42 Å². The van der Waals surface area contributed by atoms with Crippen molar-refractivity contribution in [3.8, 4) is 11.5 Å². The molecule has 126 valence electrons. The summed E-state index contributed by atoms with van der Waals surface area (Å²) in [4.78, 5) is 11.9. The number of methoxy groups -OCH3 is 2. The number of nitrogens with zero attached hydrogens (tertiary/aromatic N) is 1. The normalized spacial score (nSPS) is 10.6. The smallest absolute Gasteiger partial charge is 0.244 e. The lowest BCUT2D eigenvalue weighted by Crippen LogP contribution is -2.19. The first-order valence-corrected chi connectivity index (χ1v) is 7.49. The molecule has 2 aromatic carbocycles. The molecule has 6 nitrogen and oxygen atoms in total. The summed E-state index contributed by atoms with van der Waals surface area (Å²) in [7, 11) is 3.03. The topological polar surface area (TPSA) is 85.9 Å². The Kier molecular flexibility index (Phi) is 6.03. The zero-order valence-electron chi connectivity index (χ0n) is 13.4. The second kappa shape index (κ2) is 8.21.